The molecule has 2 N–H and O–H groups in total. The van der Waals surface area contributed by atoms with E-state index < -0.39 is 18.1 Å². The molecule has 5 nitrogen and oxygen atoms in total. The van der Waals surface area contributed by atoms with E-state index in [0.717, 1.165) is 12.8 Å². The molecule has 100 valence electrons. The van der Waals surface area contributed by atoms with Crippen LogP contribution in [0.4, 0.5) is 0 Å². The van der Waals surface area contributed by atoms with Gasteiger partial charge in [-0.1, -0.05) is 26.7 Å². The lowest BCUT2D eigenvalue weighted by atomic mass is 10.1. The molecule has 0 fully saturated rings. The van der Waals surface area contributed by atoms with E-state index in [2.05, 4.69) is 5.32 Å². The maximum atomic E-state index is 11.6. The molecule has 0 bridgehead atoms. The van der Waals surface area contributed by atoms with Crippen LogP contribution in [0.3, 0.4) is 0 Å². The number of carbonyl (C=O) groups excluding carboxylic acids is 1. The summed E-state index contributed by atoms with van der Waals surface area (Å²) in [5, 5.41) is 11.4. The van der Waals surface area contributed by atoms with E-state index in [-0.39, 0.29) is 5.91 Å². The summed E-state index contributed by atoms with van der Waals surface area (Å²) in [7, 11) is 0. The molecule has 0 aromatic heterocycles. The zero-order chi connectivity index (χ0) is 13.3. The summed E-state index contributed by atoms with van der Waals surface area (Å²) in [6.45, 7) is 6.07. The number of amides is 1. The minimum atomic E-state index is -0.999. The molecule has 5 heteroatoms. The molecule has 0 saturated carbocycles. The SMILES string of the molecule is CCCCOC(C)C(=O)NC(CCC)C(=O)O. The summed E-state index contributed by atoms with van der Waals surface area (Å²) < 4.78 is 5.30. The first kappa shape index (κ1) is 15.9. The zero-order valence-electron chi connectivity index (χ0n) is 10.9. The summed E-state index contributed by atoms with van der Waals surface area (Å²) in [6, 6.07) is -0.815. The van der Waals surface area contributed by atoms with Gasteiger partial charge < -0.3 is 15.2 Å². The van der Waals surface area contributed by atoms with Crippen LogP contribution in [0.15, 0.2) is 0 Å². The number of aliphatic carboxylic acids is 1. The molecule has 1 amide bonds. The lowest BCUT2D eigenvalue weighted by Gasteiger charge is -2.17. The Balaban J connectivity index is 4.06. The second-order valence-corrected chi connectivity index (χ2v) is 4.05. The molecule has 0 aromatic carbocycles. The van der Waals surface area contributed by atoms with E-state index in [4.69, 9.17) is 9.84 Å². The first-order valence-corrected chi connectivity index (χ1v) is 6.17. The monoisotopic (exact) mass is 245 g/mol. The van der Waals surface area contributed by atoms with Gasteiger partial charge in [0.1, 0.15) is 12.1 Å². The van der Waals surface area contributed by atoms with Crippen LogP contribution in [0.5, 0.6) is 0 Å². The molecule has 0 spiro atoms. The van der Waals surface area contributed by atoms with Crippen LogP contribution in [-0.4, -0.2) is 35.7 Å². The van der Waals surface area contributed by atoms with Crippen LogP contribution in [0.1, 0.15) is 46.5 Å². The van der Waals surface area contributed by atoms with Gasteiger partial charge in [0.25, 0.3) is 0 Å². The van der Waals surface area contributed by atoms with Crippen molar-refractivity contribution in [2.75, 3.05) is 6.61 Å². The predicted molar refractivity (Wildman–Crippen MR) is 64.8 cm³/mol. The molecule has 0 aliphatic carbocycles. The average Bonchev–Trinajstić information content (AvgIpc) is 2.28. The number of rotatable bonds is 9. The molecule has 0 saturated heterocycles. The van der Waals surface area contributed by atoms with Gasteiger partial charge in [-0.3, -0.25) is 4.79 Å². The van der Waals surface area contributed by atoms with Crippen LogP contribution < -0.4 is 5.32 Å². The number of carboxylic acids is 1. The molecule has 0 aromatic rings. The number of unbranched alkanes of at least 4 members (excludes halogenated alkanes) is 1. The normalized spacial score (nSPS) is 14.1. The largest absolute Gasteiger partial charge is 0.480 e. The number of hydrogen-bond acceptors (Lipinski definition) is 3. The average molecular weight is 245 g/mol. The van der Waals surface area contributed by atoms with Crippen LogP contribution in [0.2, 0.25) is 0 Å². The second-order valence-electron chi connectivity index (χ2n) is 4.05. The Bertz CT molecular complexity index is 243. The summed E-state index contributed by atoms with van der Waals surface area (Å²) in [5.74, 6) is -1.36. The Kier molecular flexibility index (Phi) is 8.40. The molecule has 0 rings (SSSR count). The van der Waals surface area contributed by atoms with Crippen molar-refractivity contribution in [3.63, 3.8) is 0 Å². The quantitative estimate of drug-likeness (QED) is 0.604. The van der Waals surface area contributed by atoms with Crippen LogP contribution in [0, 0.1) is 0 Å². The van der Waals surface area contributed by atoms with Crippen molar-refractivity contribution in [1.82, 2.24) is 5.32 Å². The number of ether oxygens (including phenoxy) is 1. The van der Waals surface area contributed by atoms with E-state index in [1.807, 2.05) is 13.8 Å². The lowest BCUT2D eigenvalue weighted by molar-refractivity contribution is -0.144. The van der Waals surface area contributed by atoms with Gasteiger partial charge in [-0.15, -0.1) is 0 Å². The smallest absolute Gasteiger partial charge is 0.326 e. The summed E-state index contributed by atoms with van der Waals surface area (Å²) >= 11 is 0. The maximum absolute atomic E-state index is 11.6. The second kappa shape index (κ2) is 8.98. The Morgan fingerprint density at radius 3 is 2.41 bits per heavy atom. The van der Waals surface area contributed by atoms with Gasteiger partial charge in [-0.05, 0) is 19.8 Å². The van der Waals surface area contributed by atoms with Crippen LogP contribution in [0.25, 0.3) is 0 Å². The van der Waals surface area contributed by atoms with E-state index in [1.54, 1.807) is 6.92 Å². The lowest BCUT2D eigenvalue weighted by Crippen LogP contribution is -2.45. The van der Waals surface area contributed by atoms with Gasteiger partial charge in [0.2, 0.25) is 5.91 Å². The molecule has 17 heavy (non-hydrogen) atoms. The highest BCUT2D eigenvalue weighted by molar-refractivity contribution is 5.85. The van der Waals surface area contributed by atoms with Gasteiger partial charge >= 0.3 is 5.97 Å². The molecular formula is C12H23NO4. The Labute approximate surface area is 103 Å². The van der Waals surface area contributed by atoms with Crippen LogP contribution in [-0.2, 0) is 14.3 Å². The minimum Gasteiger partial charge on any atom is -0.480 e. The highest BCUT2D eigenvalue weighted by atomic mass is 16.5. The fraction of sp³-hybridized carbons (Fsp3) is 0.833. The van der Waals surface area contributed by atoms with Crippen molar-refractivity contribution >= 4 is 11.9 Å². The van der Waals surface area contributed by atoms with Crippen molar-refractivity contribution in [1.29, 1.82) is 0 Å². The van der Waals surface area contributed by atoms with Gasteiger partial charge in [0.05, 0.1) is 0 Å². The summed E-state index contributed by atoms with van der Waals surface area (Å²) in [5.41, 5.74) is 0. The third-order valence-corrected chi connectivity index (χ3v) is 2.43. The number of carbonyl (C=O) groups is 2. The maximum Gasteiger partial charge on any atom is 0.326 e. The molecule has 0 radical (unpaired) electrons. The standard InChI is InChI=1S/C12H23NO4/c1-4-6-8-17-9(3)11(14)13-10(7-5-2)12(15)16/h9-10H,4-8H2,1-3H3,(H,13,14)(H,15,16). The third-order valence-electron chi connectivity index (χ3n) is 2.43. The van der Waals surface area contributed by atoms with Crippen molar-refractivity contribution < 1.29 is 19.4 Å². The van der Waals surface area contributed by atoms with Crippen molar-refractivity contribution in [2.24, 2.45) is 0 Å². The van der Waals surface area contributed by atoms with E-state index >= 15 is 0 Å². The highest BCUT2D eigenvalue weighted by Gasteiger charge is 2.22. The number of nitrogens with one attached hydrogen (secondary N) is 1. The van der Waals surface area contributed by atoms with Gasteiger partial charge in [0.15, 0.2) is 0 Å². The van der Waals surface area contributed by atoms with Gasteiger partial charge in [0, 0.05) is 6.61 Å². The third kappa shape index (κ3) is 6.94. The summed E-state index contributed by atoms with van der Waals surface area (Å²) in [4.78, 5) is 22.5. The Morgan fingerprint density at radius 2 is 1.94 bits per heavy atom. The zero-order valence-corrected chi connectivity index (χ0v) is 10.9. The fourth-order valence-electron chi connectivity index (χ4n) is 1.32. The molecule has 0 aliphatic heterocycles. The highest BCUT2D eigenvalue weighted by Crippen LogP contribution is 2.00. The van der Waals surface area contributed by atoms with E-state index in [0.29, 0.717) is 19.4 Å². The van der Waals surface area contributed by atoms with E-state index in [9.17, 15) is 9.59 Å². The van der Waals surface area contributed by atoms with Gasteiger partial charge in [-0.2, -0.15) is 0 Å². The van der Waals surface area contributed by atoms with Crippen molar-refractivity contribution in [3.05, 3.63) is 0 Å². The predicted octanol–water partition coefficient (Wildman–Crippen LogP) is 1.56. The van der Waals surface area contributed by atoms with Crippen molar-refractivity contribution in [2.45, 2.75) is 58.6 Å². The Hall–Kier alpha value is -1.10. The molecule has 0 heterocycles. The molecular weight excluding hydrogens is 222 g/mol. The molecule has 2 atom stereocenters. The number of carboxylic acid groups (broad SMARTS) is 1. The summed E-state index contributed by atoms with van der Waals surface area (Å²) in [6.07, 6.45) is 2.45. The first-order valence-electron chi connectivity index (χ1n) is 6.17. The topological polar surface area (TPSA) is 75.6 Å². The van der Waals surface area contributed by atoms with Crippen LogP contribution >= 0.6 is 0 Å². The fourth-order valence-corrected chi connectivity index (χ4v) is 1.32. The van der Waals surface area contributed by atoms with Gasteiger partial charge in [-0.25, -0.2) is 4.79 Å². The molecule has 0 aliphatic rings. The Morgan fingerprint density at radius 1 is 1.29 bits per heavy atom. The van der Waals surface area contributed by atoms with Crippen molar-refractivity contribution in [3.8, 4) is 0 Å². The van der Waals surface area contributed by atoms with E-state index in [1.165, 1.54) is 0 Å². The number of hydrogen-bond donors (Lipinski definition) is 2. The minimum absolute atomic E-state index is 0.359. The molecule has 2 unspecified atom stereocenters. The first-order chi connectivity index (χ1) is 8.02.